The molecule has 5 nitrogen and oxygen atoms in total. The molecule has 1 aromatic rings. The molecular formula is C19H21NO4. The number of carbonyl (C=O) groups is 4. The number of Topliss-reactive ketones (excluding diaryl/α,β-unsaturated/α-hetero) is 3. The van der Waals surface area contributed by atoms with E-state index in [2.05, 4.69) is 5.32 Å². The largest absolute Gasteiger partial charge is 0.325 e. The molecule has 0 unspecified atom stereocenters. The van der Waals surface area contributed by atoms with Gasteiger partial charge in [-0.3, -0.25) is 19.2 Å². The Labute approximate surface area is 140 Å². The van der Waals surface area contributed by atoms with Crippen molar-refractivity contribution in [1.82, 2.24) is 0 Å². The van der Waals surface area contributed by atoms with Gasteiger partial charge >= 0.3 is 0 Å². The SMILES string of the molecule is CC(=O)c1ccc(NC(=O)[C@]23CC[C@@](C)(C(=O)C2=O)C3(C)C)cc1. The fourth-order valence-electron chi connectivity index (χ4n) is 4.30. The molecule has 126 valence electrons. The summed E-state index contributed by atoms with van der Waals surface area (Å²) in [4.78, 5) is 49.3. The summed E-state index contributed by atoms with van der Waals surface area (Å²) < 4.78 is 0. The Hall–Kier alpha value is -2.30. The Balaban J connectivity index is 1.94. The molecule has 0 saturated heterocycles. The highest BCUT2D eigenvalue weighted by molar-refractivity contribution is 6.49. The Morgan fingerprint density at radius 2 is 1.54 bits per heavy atom. The third-order valence-electron chi connectivity index (χ3n) is 6.48. The number of carbonyl (C=O) groups excluding carboxylic acids is 4. The van der Waals surface area contributed by atoms with Crippen LogP contribution in [-0.2, 0) is 14.4 Å². The van der Waals surface area contributed by atoms with Crippen LogP contribution in [0.2, 0.25) is 0 Å². The first-order chi connectivity index (χ1) is 11.1. The van der Waals surface area contributed by atoms with Gasteiger partial charge in [-0.05, 0) is 49.4 Å². The minimum atomic E-state index is -1.31. The number of ketones is 3. The molecule has 2 aliphatic carbocycles. The zero-order valence-electron chi connectivity index (χ0n) is 14.4. The number of anilines is 1. The first kappa shape index (κ1) is 16.6. The molecule has 2 saturated carbocycles. The smallest absolute Gasteiger partial charge is 0.239 e. The van der Waals surface area contributed by atoms with E-state index >= 15 is 0 Å². The lowest BCUT2D eigenvalue weighted by Crippen LogP contribution is -2.47. The molecule has 2 aliphatic rings. The Morgan fingerprint density at radius 3 is 2.00 bits per heavy atom. The van der Waals surface area contributed by atoms with Gasteiger partial charge in [-0.2, -0.15) is 0 Å². The highest BCUT2D eigenvalue weighted by atomic mass is 16.2. The van der Waals surface area contributed by atoms with Gasteiger partial charge in [-0.1, -0.05) is 20.8 Å². The molecule has 24 heavy (non-hydrogen) atoms. The van der Waals surface area contributed by atoms with Crippen LogP contribution >= 0.6 is 0 Å². The molecular weight excluding hydrogens is 306 g/mol. The van der Waals surface area contributed by atoms with E-state index in [1.807, 2.05) is 13.8 Å². The molecule has 2 atom stereocenters. The van der Waals surface area contributed by atoms with E-state index in [-0.39, 0.29) is 5.78 Å². The van der Waals surface area contributed by atoms with Gasteiger partial charge in [0.25, 0.3) is 0 Å². The van der Waals surface area contributed by atoms with E-state index < -0.39 is 33.7 Å². The van der Waals surface area contributed by atoms with Crippen LogP contribution in [0.25, 0.3) is 0 Å². The predicted molar refractivity (Wildman–Crippen MR) is 88.6 cm³/mol. The second-order valence-corrected chi connectivity index (χ2v) is 7.61. The number of amides is 1. The topological polar surface area (TPSA) is 80.3 Å². The zero-order chi connectivity index (χ0) is 17.9. The highest BCUT2D eigenvalue weighted by Gasteiger charge is 2.77. The maximum atomic E-state index is 13.0. The van der Waals surface area contributed by atoms with Crippen molar-refractivity contribution >= 4 is 28.9 Å². The first-order valence-corrected chi connectivity index (χ1v) is 8.09. The fraction of sp³-hybridized carbons (Fsp3) is 0.474. The lowest BCUT2D eigenvalue weighted by Gasteiger charge is -2.37. The number of benzene rings is 1. The van der Waals surface area contributed by atoms with Crippen molar-refractivity contribution in [3.8, 4) is 0 Å². The summed E-state index contributed by atoms with van der Waals surface area (Å²) in [6.07, 6.45) is 0.930. The van der Waals surface area contributed by atoms with Gasteiger partial charge in [-0.15, -0.1) is 0 Å². The fourth-order valence-corrected chi connectivity index (χ4v) is 4.30. The average molecular weight is 327 g/mol. The summed E-state index contributed by atoms with van der Waals surface area (Å²) in [5.74, 6) is -1.49. The van der Waals surface area contributed by atoms with Crippen molar-refractivity contribution in [1.29, 1.82) is 0 Å². The summed E-state index contributed by atoms with van der Waals surface area (Å²) in [6.45, 7) is 6.93. The van der Waals surface area contributed by atoms with Crippen LogP contribution in [0, 0.1) is 16.2 Å². The molecule has 5 heteroatoms. The predicted octanol–water partition coefficient (Wildman–Crippen LogP) is 2.79. The summed E-state index contributed by atoms with van der Waals surface area (Å²) in [7, 11) is 0. The van der Waals surface area contributed by atoms with Crippen LogP contribution < -0.4 is 5.32 Å². The van der Waals surface area contributed by atoms with Crippen LogP contribution in [0.1, 0.15) is 50.9 Å². The van der Waals surface area contributed by atoms with Gasteiger partial charge in [-0.25, -0.2) is 0 Å². The van der Waals surface area contributed by atoms with Crippen molar-refractivity contribution in [2.45, 2.75) is 40.5 Å². The van der Waals surface area contributed by atoms with Crippen molar-refractivity contribution in [2.24, 2.45) is 16.2 Å². The van der Waals surface area contributed by atoms with Gasteiger partial charge in [0, 0.05) is 16.7 Å². The van der Waals surface area contributed by atoms with E-state index in [1.165, 1.54) is 6.92 Å². The number of rotatable bonds is 3. The number of hydrogen-bond donors (Lipinski definition) is 1. The van der Waals surface area contributed by atoms with E-state index in [0.717, 1.165) is 0 Å². The van der Waals surface area contributed by atoms with Gasteiger partial charge in [0.2, 0.25) is 17.5 Å². The minimum absolute atomic E-state index is 0.0595. The van der Waals surface area contributed by atoms with E-state index in [4.69, 9.17) is 0 Å². The third-order valence-corrected chi connectivity index (χ3v) is 6.48. The van der Waals surface area contributed by atoms with Crippen molar-refractivity contribution in [3.05, 3.63) is 29.8 Å². The molecule has 0 aliphatic heterocycles. The monoisotopic (exact) mass is 327 g/mol. The number of fused-ring (bicyclic) bond motifs is 2. The van der Waals surface area contributed by atoms with Crippen LogP contribution in [0.15, 0.2) is 24.3 Å². The van der Waals surface area contributed by atoms with E-state index in [1.54, 1.807) is 31.2 Å². The second kappa shape index (κ2) is 4.85. The molecule has 0 radical (unpaired) electrons. The van der Waals surface area contributed by atoms with Crippen LogP contribution in [0.5, 0.6) is 0 Å². The lowest BCUT2D eigenvalue weighted by atomic mass is 9.64. The van der Waals surface area contributed by atoms with Crippen molar-refractivity contribution in [3.63, 3.8) is 0 Å². The standard InChI is InChI=1S/C19H21NO4/c1-11(21)12-5-7-13(8-6-12)20-16(24)19-10-9-18(4,17(19,2)3)14(22)15(19)23/h5-8H,9-10H2,1-4H3,(H,20,24)/t18-,19-/m0/s1. The van der Waals surface area contributed by atoms with E-state index in [9.17, 15) is 19.2 Å². The Kier molecular flexibility index (Phi) is 3.35. The Bertz CT molecular complexity index is 777. The third kappa shape index (κ3) is 1.75. The second-order valence-electron chi connectivity index (χ2n) is 7.61. The van der Waals surface area contributed by atoms with Crippen LogP contribution in [0.3, 0.4) is 0 Å². The zero-order valence-corrected chi connectivity index (χ0v) is 14.4. The molecule has 0 heterocycles. The molecule has 1 aromatic carbocycles. The molecule has 0 spiro atoms. The Morgan fingerprint density at radius 1 is 0.958 bits per heavy atom. The number of nitrogens with one attached hydrogen (secondary N) is 1. The summed E-state index contributed by atoms with van der Waals surface area (Å²) in [5.41, 5.74) is -1.75. The molecule has 3 rings (SSSR count). The summed E-state index contributed by atoms with van der Waals surface area (Å²) in [5, 5.41) is 2.77. The van der Waals surface area contributed by atoms with Gasteiger partial charge < -0.3 is 5.32 Å². The molecule has 2 bridgehead atoms. The average Bonchev–Trinajstić information content (AvgIpc) is 2.80. The van der Waals surface area contributed by atoms with Crippen LogP contribution in [-0.4, -0.2) is 23.3 Å². The van der Waals surface area contributed by atoms with Crippen molar-refractivity contribution < 1.29 is 19.2 Å². The van der Waals surface area contributed by atoms with Crippen LogP contribution in [0.4, 0.5) is 5.69 Å². The maximum Gasteiger partial charge on any atom is 0.239 e. The first-order valence-electron chi connectivity index (χ1n) is 8.09. The number of hydrogen-bond acceptors (Lipinski definition) is 4. The maximum absolute atomic E-state index is 13.0. The normalized spacial score (nSPS) is 30.5. The van der Waals surface area contributed by atoms with E-state index in [0.29, 0.717) is 24.1 Å². The van der Waals surface area contributed by atoms with Gasteiger partial charge in [0.05, 0.1) is 0 Å². The minimum Gasteiger partial charge on any atom is -0.325 e. The van der Waals surface area contributed by atoms with Gasteiger partial charge in [0.1, 0.15) is 5.41 Å². The molecule has 0 aromatic heterocycles. The summed E-state index contributed by atoms with van der Waals surface area (Å²) in [6, 6.07) is 6.52. The quantitative estimate of drug-likeness (QED) is 0.526. The molecule has 1 N–H and O–H groups in total. The lowest BCUT2D eigenvalue weighted by molar-refractivity contribution is -0.147. The van der Waals surface area contributed by atoms with Crippen molar-refractivity contribution in [2.75, 3.05) is 5.32 Å². The van der Waals surface area contributed by atoms with Gasteiger partial charge in [0.15, 0.2) is 5.78 Å². The summed E-state index contributed by atoms with van der Waals surface area (Å²) >= 11 is 0. The highest BCUT2D eigenvalue weighted by Crippen LogP contribution is 2.69. The molecule has 2 fully saturated rings. The molecule has 1 amide bonds.